The molecule has 20 heavy (non-hydrogen) atoms. The summed E-state index contributed by atoms with van der Waals surface area (Å²) in [5, 5.41) is 2.44. The zero-order valence-corrected chi connectivity index (χ0v) is 10.8. The molecule has 7 heteroatoms. The number of rotatable bonds is 3. The Bertz CT molecular complexity index is 765. The Morgan fingerprint density at radius 1 is 1.25 bits per heavy atom. The van der Waals surface area contributed by atoms with E-state index in [9.17, 15) is 14.4 Å². The number of hydrogen-bond acceptors (Lipinski definition) is 4. The van der Waals surface area contributed by atoms with Gasteiger partial charge in [-0.1, -0.05) is 18.2 Å². The topological polar surface area (TPSA) is 86.1 Å². The van der Waals surface area contributed by atoms with Crippen LogP contribution in [0.4, 0.5) is 0 Å². The third-order valence-electron chi connectivity index (χ3n) is 3.52. The predicted octanol–water partition coefficient (Wildman–Crippen LogP) is -0.0106. The Morgan fingerprint density at radius 3 is 2.45 bits per heavy atom. The van der Waals surface area contributed by atoms with E-state index in [-0.39, 0.29) is 0 Å². The fraction of sp³-hybridized carbons (Fsp3) is 0.308. The van der Waals surface area contributed by atoms with Gasteiger partial charge >= 0.3 is 17.3 Å². The summed E-state index contributed by atoms with van der Waals surface area (Å²) in [4.78, 5) is 36.2. The zero-order valence-electron chi connectivity index (χ0n) is 10.8. The maximum atomic E-state index is 12.4. The van der Waals surface area contributed by atoms with Crippen LogP contribution < -0.4 is 11.4 Å². The molecule has 104 valence electrons. The summed E-state index contributed by atoms with van der Waals surface area (Å²) in [5.74, 6) is -0.513. The monoisotopic (exact) mass is 275 g/mol. The molecule has 1 fully saturated rings. The maximum absolute atomic E-state index is 12.4. The van der Waals surface area contributed by atoms with Crippen LogP contribution in [0.15, 0.2) is 39.9 Å². The Balaban J connectivity index is 2.17. The van der Waals surface area contributed by atoms with Gasteiger partial charge in [0.15, 0.2) is 5.54 Å². The summed E-state index contributed by atoms with van der Waals surface area (Å²) in [7, 11) is 1.26. The van der Waals surface area contributed by atoms with Crippen molar-refractivity contribution < 1.29 is 9.53 Å². The molecule has 1 aliphatic rings. The number of aromatic nitrogens is 3. The van der Waals surface area contributed by atoms with Gasteiger partial charge in [0, 0.05) is 0 Å². The number of benzene rings is 1. The average Bonchev–Trinajstić information content (AvgIpc) is 3.21. The Morgan fingerprint density at radius 2 is 1.90 bits per heavy atom. The van der Waals surface area contributed by atoms with Crippen molar-refractivity contribution in [3.63, 3.8) is 0 Å². The van der Waals surface area contributed by atoms with Crippen LogP contribution in [-0.2, 0) is 15.1 Å². The molecule has 0 unspecified atom stereocenters. The van der Waals surface area contributed by atoms with Crippen molar-refractivity contribution in [1.82, 2.24) is 14.3 Å². The van der Waals surface area contributed by atoms with Crippen LogP contribution in [0.2, 0.25) is 0 Å². The van der Waals surface area contributed by atoms with Gasteiger partial charge in [-0.2, -0.15) is 0 Å². The van der Waals surface area contributed by atoms with Gasteiger partial charge in [0.2, 0.25) is 0 Å². The van der Waals surface area contributed by atoms with Gasteiger partial charge in [-0.3, -0.25) is 0 Å². The molecule has 1 N–H and O–H groups in total. The first-order valence-corrected chi connectivity index (χ1v) is 6.18. The van der Waals surface area contributed by atoms with E-state index in [0.29, 0.717) is 18.5 Å². The summed E-state index contributed by atoms with van der Waals surface area (Å²) in [6.45, 7) is 0. The van der Waals surface area contributed by atoms with Gasteiger partial charge < -0.3 is 4.74 Å². The number of carbonyl (C=O) groups excluding carboxylic acids is 1. The lowest BCUT2D eigenvalue weighted by Gasteiger charge is -2.11. The fourth-order valence-corrected chi connectivity index (χ4v) is 2.30. The van der Waals surface area contributed by atoms with Crippen molar-refractivity contribution in [2.45, 2.75) is 18.4 Å². The van der Waals surface area contributed by atoms with E-state index in [2.05, 4.69) is 5.10 Å². The lowest BCUT2D eigenvalue weighted by Crippen LogP contribution is -2.38. The molecule has 2 aromatic rings. The maximum Gasteiger partial charge on any atom is 0.352 e. The number of aromatic amines is 1. The lowest BCUT2D eigenvalue weighted by atomic mass is 10.3. The van der Waals surface area contributed by atoms with Crippen molar-refractivity contribution in [3.05, 3.63) is 51.3 Å². The van der Waals surface area contributed by atoms with Gasteiger partial charge in [0.05, 0.1) is 12.8 Å². The normalized spacial score (nSPS) is 15.8. The van der Waals surface area contributed by atoms with Crippen LogP contribution in [0.25, 0.3) is 5.69 Å². The second-order valence-electron chi connectivity index (χ2n) is 4.73. The van der Waals surface area contributed by atoms with E-state index in [1.807, 2.05) is 0 Å². The van der Waals surface area contributed by atoms with E-state index < -0.39 is 22.9 Å². The van der Waals surface area contributed by atoms with Crippen LogP contribution in [0, 0.1) is 0 Å². The van der Waals surface area contributed by atoms with Crippen LogP contribution in [-0.4, -0.2) is 27.4 Å². The van der Waals surface area contributed by atoms with E-state index in [0.717, 1.165) is 9.25 Å². The summed E-state index contributed by atoms with van der Waals surface area (Å²) in [6.07, 6.45) is 0.961. The molecule has 1 aromatic heterocycles. The zero-order chi connectivity index (χ0) is 14.3. The highest BCUT2D eigenvalue weighted by atomic mass is 16.5. The minimum Gasteiger partial charge on any atom is -0.467 e. The predicted molar refractivity (Wildman–Crippen MR) is 69.9 cm³/mol. The first kappa shape index (κ1) is 12.5. The van der Waals surface area contributed by atoms with E-state index >= 15 is 0 Å². The highest BCUT2D eigenvalue weighted by Crippen LogP contribution is 2.42. The van der Waals surface area contributed by atoms with Crippen molar-refractivity contribution in [2.24, 2.45) is 0 Å². The third-order valence-corrected chi connectivity index (χ3v) is 3.52. The number of esters is 1. The van der Waals surface area contributed by atoms with E-state index in [1.54, 1.807) is 30.3 Å². The number of hydrogen-bond donors (Lipinski definition) is 1. The summed E-state index contributed by atoms with van der Waals surface area (Å²) in [5.41, 5.74) is -1.73. The molecule has 0 spiro atoms. The molecular formula is C13H13N3O4. The molecule has 3 rings (SSSR count). The molecule has 7 nitrogen and oxygen atoms in total. The Hall–Kier alpha value is -2.57. The van der Waals surface area contributed by atoms with Crippen molar-refractivity contribution in [1.29, 1.82) is 0 Å². The van der Waals surface area contributed by atoms with Gasteiger partial charge in [-0.15, -0.1) is 0 Å². The first-order valence-electron chi connectivity index (χ1n) is 6.18. The second kappa shape index (κ2) is 4.22. The minimum atomic E-state index is -1.05. The second-order valence-corrected chi connectivity index (χ2v) is 4.73. The number of ether oxygens (including phenoxy) is 1. The molecule has 1 heterocycles. The summed E-state index contributed by atoms with van der Waals surface area (Å²) >= 11 is 0. The Kier molecular flexibility index (Phi) is 2.63. The van der Waals surface area contributed by atoms with Crippen LogP contribution in [0.3, 0.4) is 0 Å². The van der Waals surface area contributed by atoms with Crippen molar-refractivity contribution in [3.8, 4) is 5.69 Å². The number of nitrogens with zero attached hydrogens (tertiary/aromatic N) is 2. The van der Waals surface area contributed by atoms with E-state index in [4.69, 9.17) is 4.74 Å². The molecule has 1 aromatic carbocycles. The fourth-order valence-electron chi connectivity index (χ4n) is 2.30. The summed E-state index contributed by atoms with van der Waals surface area (Å²) in [6, 6.07) is 8.55. The number of H-pyrrole nitrogens is 1. The van der Waals surface area contributed by atoms with Gasteiger partial charge in [-0.25, -0.2) is 28.7 Å². The average molecular weight is 275 g/mol. The molecule has 0 atom stereocenters. The van der Waals surface area contributed by atoms with E-state index in [1.165, 1.54) is 7.11 Å². The van der Waals surface area contributed by atoms with Crippen LogP contribution in [0.1, 0.15) is 12.8 Å². The van der Waals surface area contributed by atoms with Crippen molar-refractivity contribution in [2.75, 3.05) is 7.11 Å². The first-order chi connectivity index (χ1) is 9.60. The largest absolute Gasteiger partial charge is 0.467 e. The van der Waals surface area contributed by atoms with Crippen LogP contribution in [0.5, 0.6) is 0 Å². The quantitative estimate of drug-likeness (QED) is 0.798. The van der Waals surface area contributed by atoms with Gasteiger partial charge in [0.25, 0.3) is 0 Å². The lowest BCUT2D eigenvalue weighted by molar-refractivity contribution is -0.146. The Labute approximate surface area is 113 Å². The van der Waals surface area contributed by atoms with Crippen LogP contribution >= 0.6 is 0 Å². The molecule has 0 radical (unpaired) electrons. The highest BCUT2D eigenvalue weighted by molar-refractivity contribution is 5.81. The molecule has 1 saturated carbocycles. The molecule has 0 bridgehead atoms. The SMILES string of the molecule is COC(=O)C1(n2[nH]c(=O)n(-c3ccccc3)c2=O)CC1. The number of carbonyl (C=O) groups is 1. The minimum absolute atomic E-state index is 0.457. The van der Waals surface area contributed by atoms with Gasteiger partial charge in [-0.05, 0) is 25.0 Å². The molecule has 0 saturated heterocycles. The molecule has 0 amide bonds. The molecular weight excluding hydrogens is 262 g/mol. The number of para-hydroxylation sites is 1. The summed E-state index contributed by atoms with van der Waals surface area (Å²) < 4.78 is 6.79. The smallest absolute Gasteiger partial charge is 0.352 e. The standard InChI is InChI=1S/C13H13N3O4/c1-20-10(17)13(7-8-13)16-12(19)15(11(18)14-16)9-5-3-2-4-6-9/h2-6H,7-8H2,1H3,(H,14,18). The number of nitrogens with one attached hydrogen (secondary N) is 1. The molecule has 1 aliphatic carbocycles. The molecule has 0 aliphatic heterocycles. The third kappa shape index (κ3) is 1.63. The van der Waals surface area contributed by atoms with Gasteiger partial charge in [0.1, 0.15) is 0 Å². The number of methoxy groups -OCH3 is 1. The highest BCUT2D eigenvalue weighted by Gasteiger charge is 2.55. The van der Waals surface area contributed by atoms with Crippen molar-refractivity contribution >= 4 is 5.97 Å².